The predicted octanol–water partition coefficient (Wildman–Crippen LogP) is 3.52. The standard InChI is InChI=1S/C22H18N2O4/c25-21(18-6-2-1-3-7-18)24-20(22(26)27)13-16-8-10-19(11-9-16)28-15-17-5-4-12-23-14-17/h1-14H,15H2,(H,24,25)(H,26,27)/b20-13+. The van der Waals surface area contributed by atoms with Gasteiger partial charge in [-0.05, 0) is 42.0 Å². The van der Waals surface area contributed by atoms with Crippen LogP contribution in [0.2, 0.25) is 0 Å². The molecule has 0 unspecified atom stereocenters. The van der Waals surface area contributed by atoms with Gasteiger partial charge in [0.2, 0.25) is 0 Å². The van der Waals surface area contributed by atoms with E-state index >= 15 is 0 Å². The van der Waals surface area contributed by atoms with Crippen LogP contribution in [-0.4, -0.2) is 22.0 Å². The molecule has 0 saturated carbocycles. The van der Waals surface area contributed by atoms with Gasteiger partial charge in [0, 0.05) is 23.5 Å². The summed E-state index contributed by atoms with van der Waals surface area (Å²) in [6.07, 6.45) is 4.82. The van der Waals surface area contributed by atoms with E-state index in [1.165, 1.54) is 6.08 Å². The van der Waals surface area contributed by atoms with Crippen molar-refractivity contribution in [2.75, 3.05) is 0 Å². The van der Waals surface area contributed by atoms with Crippen LogP contribution in [0.15, 0.2) is 84.8 Å². The normalized spacial score (nSPS) is 10.9. The number of rotatable bonds is 7. The van der Waals surface area contributed by atoms with Crippen molar-refractivity contribution in [1.29, 1.82) is 0 Å². The Kier molecular flexibility index (Phi) is 6.15. The first-order chi connectivity index (χ1) is 13.6. The van der Waals surface area contributed by atoms with Crippen LogP contribution in [0.1, 0.15) is 21.5 Å². The molecule has 3 aromatic rings. The van der Waals surface area contributed by atoms with E-state index in [9.17, 15) is 14.7 Å². The number of benzene rings is 2. The molecule has 6 heteroatoms. The predicted molar refractivity (Wildman–Crippen MR) is 105 cm³/mol. The first-order valence-electron chi connectivity index (χ1n) is 8.55. The van der Waals surface area contributed by atoms with Crippen molar-refractivity contribution in [3.63, 3.8) is 0 Å². The summed E-state index contributed by atoms with van der Waals surface area (Å²) in [5.41, 5.74) is 1.74. The SMILES string of the molecule is O=C(O)/C(=C\c1ccc(OCc2cccnc2)cc1)NC(=O)c1ccccc1. The number of pyridine rings is 1. The molecular weight excluding hydrogens is 356 g/mol. The molecule has 0 radical (unpaired) electrons. The van der Waals surface area contributed by atoms with Crippen molar-refractivity contribution in [1.82, 2.24) is 10.3 Å². The number of carbonyl (C=O) groups excluding carboxylic acids is 1. The molecule has 0 aliphatic heterocycles. The second-order valence-electron chi connectivity index (χ2n) is 5.90. The fourth-order valence-electron chi connectivity index (χ4n) is 2.41. The Hall–Kier alpha value is -3.93. The summed E-state index contributed by atoms with van der Waals surface area (Å²) in [4.78, 5) is 27.7. The number of nitrogens with zero attached hydrogens (tertiary/aromatic N) is 1. The lowest BCUT2D eigenvalue weighted by atomic mass is 10.1. The average Bonchev–Trinajstić information content (AvgIpc) is 2.74. The third-order valence-electron chi connectivity index (χ3n) is 3.83. The zero-order valence-corrected chi connectivity index (χ0v) is 14.9. The quantitative estimate of drug-likeness (QED) is 0.618. The molecule has 3 rings (SSSR count). The van der Waals surface area contributed by atoms with E-state index in [-0.39, 0.29) is 5.70 Å². The molecule has 1 aromatic heterocycles. The van der Waals surface area contributed by atoms with Crippen LogP contribution in [0, 0.1) is 0 Å². The Labute approximate surface area is 162 Å². The molecule has 28 heavy (non-hydrogen) atoms. The monoisotopic (exact) mass is 374 g/mol. The largest absolute Gasteiger partial charge is 0.489 e. The van der Waals surface area contributed by atoms with Crippen LogP contribution in [0.5, 0.6) is 5.75 Å². The average molecular weight is 374 g/mol. The lowest BCUT2D eigenvalue weighted by Crippen LogP contribution is -2.27. The first kappa shape index (κ1) is 18.8. The number of ether oxygens (including phenoxy) is 1. The molecule has 2 aromatic carbocycles. The molecule has 0 atom stereocenters. The lowest BCUT2D eigenvalue weighted by molar-refractivity contribution is -0.132. The Morgan fingerprint density at radius 2 is 1.75 bits per heavy atom. The number of amides is 1. The van der Waals surface area contributed by atoms with Crippen LogP contribution >= 0.6 is 0 Å². The molecule has 0 bridgehead atoms. The molecule has 0 fully saturated rings. The lowest BCUT2D eigenvalue weighted by Gasteiger charge is -2.08. The van der Waals surface area contributed by atoms with Crippen LogP contribution < -0.4 is 10.1 Å². The molecule has 2 N–H and O–H groups in total. The Bertz CT molecular complexity index is 968. The second-order valence-corrected chi connectivity index (χ2v) is 5.90. The van der Waals surface area contributed by atoms with Crippen LogP contribution in [0.25, 0.3) is 6.08 Å². The summed E-state index contributed by atoms with van der Waals surface area (Å²) in [6, 6.07) is 19.1. The van der Waals surface area contributed by atoms with E-state index in [0.29, 0.717) is 23.5 Å². The molecule has 140 valence electrons. The van der Waals surface area contributed by atoms with Crippen molar-refractivity contribution in [3.8, 4) is 5.75 Å². The zero-order valence-electron chi connectivity index (χ0n) is 14.9. The van der Waals surface area contributed by atoms with Gasteiger partial charge in [-0.3, -0.25) is 9.78 Å². The minimum Gasteiger partial charge on any atom is -0.489 e. The van der Waals surface area contributed by atoms with Gasteiger partial charge in [-0.15, -0.1) is 0 Å². The van der Waals surface area contributed by atoms with E-state index in [0.717, 1.165) is 5.56 Å². The summed E-state index contributed by atoms with van der Waals surface area (Å²) in [5, 5.41) is 11.8. The number of aromatic nitrogens is 1. The van der Waals surface area contributed by atoms with Gasteiger partial charge in [-0.1, -0.05) is 36.4 Å². The van der Waals surface area contributed by atoms with Crippen LogP contribution in [0.3, 0.4) is 0 Å². The smallest absolute Gasteiger partial charge is 0.352 e. The molecule has 0 spiro atoms. The topological polar surface area (TPSA) is 88.5 Å². The van der Waals surface area contributed by atoms with Crippen molar-refractivity contribution >= 4 is 18.0 Å². The maximum atomic E-state index is 12.2. The summed E-state index contributed by atoms with van der Waals surface area (Å²) >= 11 is 0. The highest BCUT2D eigenvalue weighted by molar-refractivity contribution is 6.02. The van der Waals surface area contributed by atoms with Gasteiger partial charge in [0.1, 0.15) is 18.1 Å². The van der Waals surface area contributed by atoms with E-state index in [1.54, 1.807) is 67.0 Å². The van der Waals surface area contributed by atoms with Crippen molar-refractivity contribution in [3.05, 3.63) is 102 Å². The molecular formula is C22H18N2O4. The van der Waals surface area contributed by atoms with E-state index in [4.69, 9.17) is 4.74 Å². The van der Waals surface area contributed by atoms with Crippen molar-refractivity contribution < 1.29 is 19.4 Å². The number of aliphatic carboxylic acids is 1. The highest BCUT2D eigenvalue weighted by Crippen LogP contribution is 2.16. The number of hydrogen-bond acceptors (Lipinski definition) is 4. The Morgan fingerprint density at radius 3 is 2.39 bits per heavy atom. The summed E-state index contributed by atoms with van der Waals surface area (Å²) in [6.45, 7) is 0.385. The summed E-state index contributed by atoms with van der Waals surface area (Å²) in [7, 11) is 0. The third kappa shape index (κ3) is 5.28. The first-order valence-corrected chi connectivity index (χ1v) is 8.55. The summed E-state index contributed by atoms with van der Waals surface area (Å²) in [5.74, 6) is -1.06. The number of nitrogens with one attached hydrogen (secondary N) is 1. The van der Waals surface area contributed by atoms with Crippen LogP contribution in [-0.2, 0) is 11.4 Å². The minimum atomic E-state index is -1.22. The molecule has 6 nitrogen and oxygen atoms in total. The van der Waals surface area contributed by atoms with Crippen molar-refractivity contribution in [2.24, 2.45) is 0 Å². The van der Waals surface area contributed by atoms with Gasteiger partial charge in [0.15, 0.2) is 0 Å². The van der Waals surface area contributed by atoms with Crippen molar-refractivity contribution in [2.45, 2.75) is 6.61 Å². The third-order valence-corrected chi connectivity index (χ3v) is 3.83. The molecule has 0 saturated heterocycles. The molecule has 1 amide bonds. The zero-order chi connectivity index (χ0) is 19.8. The summed E-state index contributed by atoms with van der Waals surface area (Å²) < 4.78 is 5.68. The van der Waals surface area contributed by atoms with Gasteiger partial charge in [-0.2, -0.15) is 0 Å². The molecule has 1 heterocycles. The van der Waals surface area contributed by atoms with Gasteiger partial charge in [-0.25, -0.2) is 4.79 Å². The number of carboxylic acids is 1. The molecule has 0 aliphatic carbocycles. The van der Waals surface area contributed by atoms with E-state index < -0.39 is 11.9 Å². The number of hydrogen-bond donors (Lipinski definition) is 2. The van der Waals surface area contributed by atoms with Crippen LogP contribution in [0.4, 0.5) is 0 Å². The second kappa shape index (κ2) is 9.14. The van der Waals surface area contributed by atoms with Gasteiger partial charge < -0.3 is 15.2 Å². The van der Waals surface area contributed by atoms with Gasteiger partial charge >= 0.3 is 5.97 Å². The molecule has 0 aliphatic rings. The van der Waals surface area contributed by atoms with E-state index in [2.05, 4.69) is 10.3 Å². The number of carboxylic acid groups (broad SMARTS) is 1. The fraction of sp³-hybridized carbons (Fsp3) is 0.0455. The fourth-order valence-corrected chi connectivity index (χ4v) is 2.41. The maximum Gasteiger partial charge on any atom is 0.352 e. The van der Waals surface area contributed by atoms with E-state index in [1.807, 2.05) is 12.1 Å². The van der Waals surface area contributed by atoms with Gasteiger partial charge in [0.25, 0.3) is 5.91 Å². The Morgan fingerprint density at radius 1 is 1.00 bits per heavy atom. The minimum absolute atomic E-state index is 0.210. The highest BCUT2D eigenvalue weighted by atomic mass is 16.5. The highest BCUT2D eigenvalue weighted by Gasteiger charge is 2.13. The Balaban J connectivity index is 1.67. The number of carbonyl (C=O) groups is 2. The van der Waals surface area contributed by atoms with Gasteiger partial charge in [0.05, 0.1) is 0 Å². The maximum absolute atomic E-state index is 12.2.